The minimum atomic E-state index is -4.49. The van der Waals surface area contributed by atoms with Crippen molar-refractivity contribution in [3.05, 3.63) is 113 Å². The van der Waals surface area contributed by atoms with E-state index in [4.69, 9.17) is 25.8 Å². The molecule has 0 aliphatic carbocycles. The van der Waals surface area contributed by atoms with Crippen molar-refractivity contribution in [3.63, 3.8) is 0 Å². The lowest BCUT2D eigenvalue weighted by Crippen LogP contribution is -2.56. The standard InChI is InChI=1S/C38H44ClN3O7S/c1-26-12-11-15-28(20-26)24-41(32(37(44)40-38(2,3)4)21-27-13-9-8-10-14-27)36(43)25-42(31-22-29(39)16-18-33(31)47-5)50(45,46)30-17-19-34(48-6)35(23-30)49-7/h8-20,22-23,32H,21,24-25H2,1-7H3,(H,40,44). The van der Waals surface area contributed by atoms with E-state index < -0.39 is 34.1 Å². The summed E-state index contributed by atoms with van der Waals surface area (Å²) in [5, 5.41) is 3.26. The van der Waals surface area contributed by atoms with Crippen LogP contribution in [0.2, 0.25) is 5.02 Å². The molecule has 1 atom stereocenters. The van der Waals surface area contributed by atoms with Gasteiger partial charge in [-0.3, -0.25) is 13.9 Å². The number of nitrogens with one attached hydrogen (secondary N) is 1. The lowest BCUT2D eigenvalue weighted by molar-refractivity contribution is -0.140. The summed E-state index contributed by atoms with van der Waals surface area (Å²) in [5.41, 5.74) is 2.00. The molecule has 12 heteroatoms. The first-order chi connectivity index (χ1) is 23.7. The minimum absolute atomic E-state index is 0.0342. The number of hydrogen-bond donors (Lipinski definition) is 1. The zero-order chi connectivity index (χ0) is 36.6. The number of amides is 2. The molecule has 0 bridgehead atoms. The first-order valence-electron chi connectivity index (χ1n) is 16.0. The van der Waals surface area contributed by atoms with Crippen LogP contribution in [0.25, 0.3) is 0 Å². The van der Waals surface area contributed by atoms with E-state index in [9.17, 15) is 18.0 Å². The molecule has 4 aromatic carbocycles. The fourth-order valence-corrected chi connectivity index (χ4v) is 7.09. The number of benzene rings is 4. The van der Waals surface area contributed by atoms with Gasteiger partial charge in [0.05, 0.1) is 31.9 Å². The van der Waals surface area contributed by atoms with Crippen molar-refractivity contribution in [1.29, 1.82) is 0 Å². The Morgan fingerprint density at radius 1 is 0.800 bits per heavy atom. The summed E-state index contributed by atoms with van der Waals surface area (Å²) in [6.07, 6.45) is 0.184. The maximum atomic E-state index is 14.8. The zero-order valence-corrected chi connectivity index (χ0v) is 31.0. The quantitative estimate of drug-likeness (QED) is 0.160. The number of hydrogen-bond acceptors (Lipinski definition) is 7. The topological polar surface area (TPSA) is 114 Å². The maximum absolute atomic E-state index is 14.8. The van der Waals surface area contributed by atoms with Crippen LogP contribution >= 0.6 is 11.6 Å². The smallest absolute Gasteiger partial charge is 0.265 e. The number of sulfonamides is 1. The molecule has 50 heavy (non-hydrogen) atoms. The van der Waals surface area contributed by atoms with Gasteiger partial charge < -0.3 is 24.4 Å². The number of carbonyl (C=O) groups excluding carboxylic acids is 2. The molecule has 0 radical (unpaired) electrons. The summed E-state index contributed by atoms with van der Waals surface area (Å²) in [5.74, 6) is -0.324. The summed E-state index contributed by atoms with van der Waals surface area (Å²) in [6.45, 7) is 6.87. The largest absolute Gasteiger partial charge is 0.495 e. The predicted molar refractivity (Wildman–Crippen MR) is 196 cm³/mol. The molecule has 0 saturated heterocycles. The monoisotopic (exact) mass is 721 g/mol. The van der Waals surface area contributed by atoms with Gasteiger partial charge in [-0.2, -0.15) is 0 Å². The summed E-state index contributed by atoms with van der Waals surface area (Å²) in [4.78, 5) is 30.2. The number of carbonyl (C=O) groups is 2. The molecule has 0 aromatic heterocycles. The molecule has 4 aromatic rings. The third-order valence-electron chi connectivity index (χ3n) is 7.84. The second-order valence-electron chi connectivity index (χ2n) is 12.8. The van der Waals surface area contributed by atoms with Crippen LogP contribution < -0.4 is 23.8 Å². The van der Waals surface area contributed by atoms with Gasteiger partial charge in [-0.25, -0.2) is 8.42 Å². The van der Waals surface area contributed by atoms with Crippen LogP contribution in [0.5, 0.6) is 17.2 Å². The number of nitrogens with zero attached hydrogens (tertiary/aromatic N) is 2. The second kappa shape index (κ2) is 16.3. The summed E-state index contributed by atoms with van der Waals surface area (Å²) < 4.78 is 46.4. The summed E-state index contributed by atoms with van der Waals surface area (Å²) in [6, 6.07) is 24.6. The van der Waals surface area contributed by atoms with Crippen LogP contribution in [0.15, 0.2) is 95.9 Å². The third-order valence-corrected chi connectivity index (χ3v) is 9.83. The molecule has 2 amide bonds. The van der Waals surface area contributed by atoms with Crippen molar-refractivity contribution >= 4 is 39.1 Å². The van der Waals surface area contributed by atoms with Crippen LogP contribution in [0, 0.1) is 6.92 Å². The third kappa shape index (κ3) is 9.48. The molecule has 0 aliphatic heterocycles. The Kier molecular flexibility index (Phi) is 12.4. The van der Waals surface area contributed by atoms with E-state index in [2.05, 4.69) is 5.32 Å². The Morgan fingerprint density at radius 2 is 1.44 bits per heavy atom. The number of ether oxygens (including phenoxy) is 3. The second-order valence-corrected chi connectivity index (χ2v) is 15.1. The van der Waals surface area contributed by atoms with Crippen molar-refractivity contribution in [2.24, 2.45) is 0 Å². The number of aryl methyl sites for hydroxylation is 1. The number of anilines is 1. The Bertz CT molecular complexity index is 1910. The van der Waals surface area contributed by atoms with E-state index in [1.807, 2.05) is 82.3 Å². The first-order valence-corrected chi connectivity index (χ1v) is 17.8. The highest BCUT2D eigenvalue weighted by atomic mass is 35.5. The molecule has 0 fully saturated rings. The average Bonchev–Trinajstić information content (AvgIpc) is 3.07. The van der Waals surface area contributed by atoms with E-state index in [1.54, 1.807) is 6.07 Å². The maximum Gasteiger partial charge on any atom is 0.265 e. The number of halogens is 1. The molecule has 10 nitrogen and oxygen atoms in total. The number of rotatable bonds is 14. The molecular weight excluding hydrogens is 678 g/mol. The Morgan fingerprint density at radius 3 is 2.06 bits per heavy atom. The van der Waals surface area contributed by atoms with Crippen molar-refractivity contribution < 1.29 is 32.2 Å². The van der Waals surface area contributed by atoms with Crippen molar-refractivity contribution in [1.82, 2.24) is 10.2 Å². The van der Waals surface area contributed by atoms with Crippen molar-refractivity contribution in [3.8, 4) is 17.2 Å². The van der Waals surface area contributed by atoms with Gasteiger partial charge in [0.2, 0.25) is 11.8 Å². The molecule has 0 spiro atoms. The van der Waals surface area contributed by atoms with Crippen LogP contribution in [0.1, 0.15) is 37.5 Å². The molecule has 1 unspecified atom stereocenters. The molecular formula is C38H44ClN3O7S. The van der Waals surface area contributed by atoms with Crippen LogP contribution in [0.3, 0.4) is 0 Å². The predicted octanol–water partition coefficient (Wildman–Crippen LogP) is 6.42. The van der Waals surface area contributed by atoms with Crippen LogP contribution in [-0.4, -0.2) is 64.6 Å². The highest BCUT2D eigenvalue weighted by Gasteiger charge is 2.37. The van der Waals surface area contributed by atoms with E-state index in [-0.39, 0.29) is 46.0 Å². The molecule has 266 valence electrons. The van der Waals surface area contributed by atoms with Gasteiger partial charge in [-0.15, -0.1) is 0 Å². The first kappa shape index (κ1) is 38.1. The number of methoxy groups -OCH3 is 3. The summed E-state index contributed by atoms with van der Waals surface area (Å²) in [7, 11) is -0.257. The Hall–Kier alpha value is -4.74. The van der Waals surface area contributed by atoms with Crippen LogP contribution in [-0.2, 0) is 32.6 Å². The zero-order valence-electron chi connectivity index (χ0n) is 29.4. The fraction of sp³-hybridized carbons (Fsp3) is 0.316. The van der Waals surface area contributed by atoms with Gasteiger partial charge in [-0.05, 0) is 69.2 Å². The van der Waals surface area contributed by atoms with Gasteiger partial charge >= 0.3 is 0 Å². The van der Waals surface area contributed by atoms with E-state index in [0.717, 1.165) is 21.0 Å². The van der Waals surface area contributed by atoms with Gasteiger partial charge in [0, 0.05) is 29.6 Å². The molecule has 1 N–H and O–H groups in total. The van der Waals surface area contributed by atoms with E-state index in [0.29, 0.717) is 5.75 Å². The molecule has 0 heterocycles. The average molecular weight is 722 g/mol. The molecule has 4 rings (SSSR count). The van der Waals surface area contributed by atoms with Gasteiger partial charge in [-0.1, -0.05) is 71.8 Å². The Balaban J connectivity index is 1.90. The lowest BCUT2D eigenvalue weighted by Gasteiger charge is -2.35. The van der Waals surface area contributed by atoms with Crippen molar-refractivity contribution in [2.75, 3.05) is 32.2 Å². The highest BCUT2D eigenvalue weighted by Crippen LogP contribution is 2.37. The minimum Gasteiger partial charge on any atom is -0.495 e. The van der Waals surface area contributed by atoms with E-state index >= 15 is 0 Å². The lowest BCUT2D eigenvalue weighted by atomic mass is 10.0. The SMILES string of the molecule is COc1ccc(S(=O)(=O)N(CC(=O)N(Cc2cccc(C)c2)C(Cc2ccccc2)C(=O)NC(C)(C)C)c2cc(Cl)ccc2OC)cc1OC. The molecule has 0 aliphatic rings. The van der Waals surface area contributed by atoms with Gasteiger partial charge in [0.25, 0.3) is 10.0 Å². The normalized spacial score (nSPS) is 12.1. The molecule has 0 saturated carbocycles. The van der Waals surface area contributed by atoms with E-state index in [1.165, 1.54) is 56.6 Å². The van der Waals surface area contributed by atoms with Crippen molar-refractivity contribution in [2.45, 2.75) is 57.1 Å². The summed E-state index contributed by atoms with van der Waals surface area (Å²) >= 11 is 6.40. The van der Waals surface area contributed by atoms with Gasteiger partial charge in [0.1, 0.15) is 18.3 Å². The highest BCUT2D eigenvalue weighted by molar-refractivity contribution is 7.92. The fourth-order valence-electron chi connectivity index (χ4n) is 5.49. The van der Waals surface area contributed by atoms with Crippen LogP contribution in [0.4, 0.5) is 5.69 Å². The van der Waals surface area contributed by atoms with Gasteiger partial charge in [0.15, 0.2) is 11.5 Å². The Labute approximate surface area is 300 Å².